The molecule has 0 unspecified atom stereocenters. The van der Waals surface area contributed by atoms with Gasteiger partial charge in [0.25, 0.3) is 0 Å². The number of nitrogens with zero attached hydrogens (tertiary/aromatic N) is 2. The molecule has 106 valence electrons. The normalized spacial score (nSPS) is 14.0. The molecular weight excluding hydrogens is 266 g/mol. The fourth-order valence-electron chi connectivity index (χ4n) is 2.82. The molecule has 0 saturated heterocycles. The van der Waals surface area contributed by atoms with Gasteiger partial charge in [0.1, 0.15) is 5.03 Å². The smallest absolute Gasteiger partial charge is 0.122 e. The van der Waals surface area contributed by atoms with Crippen LogP contribution in [0, 0.1) is 0 Å². The summed E-state index contributed by atoms with van der Waals surface area (Å²) in [6.45, 7) is 4.26. The average molecular weight is 287 g/mol. The van der Waals surface area contributed by atoms with E-state index in [9.17, 15) is 0 Å². The number of hydrogen-bond acceptors (Lipinski definition) is 3. The van der Waals surface area contributed by atoms with E-state index < -0.39 is 0 Å². The van der Waals surface area contributed by atoms with Crippen molar-refractivity contribution < 1.29 is 0 Å². The molecule has 4 heteroatoms. The number of hydrogen-bond donors (Lipinski definition) is 1. The highest BCUT2D eigenvalue weighted by molar-refractivity contribution is 7.99. The first-order valence-corrected chi connectivity index (χ1v) is 8.00. The van der Waals surface area contributed by atoms with Crippen molar-refractivity contribution >= 4 is 17.4 Å². The summed E-state index contributed by atoms with van der Waals surface area (Å²) in [7, 11) is 1.97. The van der Waals surface area contributed by atoms with Crippen LogP contribution in [0.5, 0.6) is 0 Å². The second-order valence-electron chi connectivity index (χ2n) is 5.77. The maximum atomic E-state index is 6.26. The molecule has 0 saturated carbocycles. The summed E-state index contributed by atoms with van der Waals surface area (Å²) in [6, 6.07) is 6.78. The van der Waals surface area contributed by atoms with Gasteiger partial charge in [-0.1, -0.05) is 31.7 Å². The molecule has 0 aliphatic heterocycles. The minimum absolute atomic E-state index is 0.357. The minimum atomic E-state index is 0.357. The number of benzene rings is 1. The zero-order valence-electron chi connectivity index (χ0n) is 12.3. The van der Waals surface area contributed by atoms with E-state index in [1.165, 1.54) is 35.3 Å². The number of nitrogens with two attached hydrogens (primary N) is 1. The first kappa shape index (κ1) is 13.6. The molecule has 20 heavy (non-hydrogen) atoms. The molecule has 0 radical (unpaired) electrons. The lowest BCUT2D eigenvalue weighted by Gasteiger charge is -2.06. The van der Waals surface area contributed by atoms with E-state index in [2.05, 4.69) is 37.1 Å². The Bertz CT molecular complexity index is 643. The van der Waals surface area contributed by atoms with Crippen LogP contribution in [-0.4, -0.2) is 9.78 Å². The van der Waals surface area contributed by atoms with Gasteiger partial charge < -0.3 is 5.73 Å². The molecule has 1 aromatic carbocycles. The minimum Gasteiger partial charge on any atom is -0.395 e. The van der Waals surface area contributed by atoms with E-state index in [-0.39, 0.29) is 0 Å². The lowest BCUT2D eigenvalue weighted by Crippen LogP contribution is -1.94. The van der Waals surface area contributed by atoms with Gasteiger partial charge in [-0.25, -0.2) is 0 Å². The highest BCUT2D eigenvalue weighted by Gasteiger charge is 2.18. The van der Waals surface area contributed by atoms with Crippen molar-refractivity contribution in [2.24, 2.45) is 7.05 Å². The molecule has 0 spiro atoms. The molecule has 0 bridgehead atoms. The standard InChI is InChI=1S/C16H21N3S/c1-10(2)15-14(17)16(19(3)18-15)20-13-8-7-11-5-4-6-12(11)9-13/h7-10H,4-6,17H2,1-3H3. The van der Waals surface area contributed by atoms with Crippen molar-refractivity contribution in [2.45, 2.75) is 48.9 Å². The van der Waals surface area contributed by atoms with Crippen LogP contribution >= 0.6 is 11.8 Å². The van der Waals surface area contributed by atoms with Crippen molar-refractivity contribution in [1.82, 2.24) is 9.78 Å². The van der Waals surface area contributed by atoms with E-state index in [0.29, 0.717) is 5.92 Å². The first-order valence-electron chi connectivity index (χ1n) is 7.18. The molecule has 1 aliphatic carbocycles. The van der Waals surface area contributed by atoms with Crippen molar-refractivity contribution in [3.63, 3.8) is 0 Å². The highest BCUT2D eigenvalue weighted by Crippen LogP contribution is 2.37. The van der Waals surface area contributed by atoms with Crippen molar-refractivity contribution in [2.75, 3.05) is 5.73 Å². The predicted molar refractivity (Wildman–Crippen MR) is 84.3 cm³/mol. The van der Waals surface area contributed by atoms with Gasteiger partial charge in [0.05, 0.1) is 11.4 Å². The second kappa shape index (κ2) is 5.17. The molecule has 1 heterocycles. The fourth-order valence-corrected chi connectivity index (χ4v) is 3.76. The Labute approximate surface area is 124 Å². The number of aromatic nitrogens is 2. The Balaban J connectivity index is 1.91. The number of fused-ring (bicyclic) bond motifs is 1. The second-order valence-corrected chi connectivity index (χ2v) is 6.83. The van der Waals surface area contributed by atoms with Crippen LogP contribution in [0.3, 0.4) is 0 Å². The zero-order chi connectivity index (χ0) is 14.3. The van der Waals surface area contributed by atoms with E-state index in [1.807, 2.05) is 11.7 Å². The monoisotopic (exact) mass is 287 g/mol. The van der Waals surface area contributed by atoms with E-state index in [0.717, 1.165) is 16.4 Å². The van der Waals surface area contributed by atoms with E-state index in [1.54, 1.807) is 11.8 Å². The van der Waals surface area contributed by atoms with Crippen LogP contribution in [0.1, 0.15) is 43.0 Å². The Morgan fingerprint density at radius 1 is 1.25 bits per heavy atom. The van der Waals surface area contributed by atoms with Crippen LogP contribution in [-0.2, 0) is 19.9 Å². The number of nitrogen functional groups attached to an aromatic ring is 1. The lowest BCUT2D eigenvalue weighted by atomic mass is 10.1. The van der Waals surface area contributed by atoms with Crippen LogP contribution in [0.2, 0.25) is 0 Å². The predicted octanol–water partition coefficient (Wildman–Crippen LogP) is 3.77. The Hall–Kier alpha value is -1.42. The molecular formula is C16H21N3S. The molecule has 0 fully saturated rings. The molecule has 2 aromatic rings. The topological polar surface area (TPSA) is 43.8 Å². The SMILES string of the molecule is CC(C)c1nn(C)c(Sc2ccc3c(c2)CCC3)c1N. The summed E-state index contributed by atoms with van der Waals surface area (Å²) in [5.74, 6) is 0.357. The molecule has 3 nitrogen and oxygen atoms in total. The molecule has 0 amide bonds. The third-order valence-electron chi connectivity index (χ3n) is 3.89. The van der Waals surface area contributed by atoms with Gasteiger partial charge in [0, 0.05) is 11.9 Å². The number of aryl methyl sites for hydroxylation is 3. The van der Waals surface area contributed by atoms with Gasteiger partial charge in [0.15, 0.2) is 0 Å². The number of rotatable bonds is 3. The van der Waals surface area contributed by atoms with Gasteiger partial charge in [-0.05, 0) is 48.4 Å². The summed E-state index contributed by atoms with van der Waals surface area (Å²) in [6.07, 6.45) is 3.72. The highest BCUT2D eigenvalue weighted by atomic mass is 32.2. The Morgan fingerprint density at radius 2 is 2.00 bits per heavy atom. The first-order chi connectivity index (χ1) is 9.56. The fraction of sp³-hybridized carbons (Fsp3) is 0.438. The molecule has 1 aliphatic rings. The molecule has 3 rings (SSSR count). The van der Waals surface area contributed by atoms with Gasteiger partial charge in [-0.3, -0.25) is 4.68 Å². The van der Waals surface area contributed by atoms with Gasteiger partial charge in [-0.2, -0.15) is 5.10 Å². The van der Waals surface area contributed by atoms with Crippen LogP contribution in [0.4, 0.5) is 5.69 Å². The third-order valence-corrected chi connectivity index (χ3v) is 5.06. The molecule has 1 aromatic heterocycles. The van der Waals surface area contributed by atoms with Crippen molar-refractivity contribution in [3.05, 3.63) is 35.0 Å². The third kappa shape index (κ3) is 2.33. The van der Waals surface area contributed by atoms with Crippen molar-refractivity contribution in [3.8, 4) is 0 Å². The molecule has 2 N–H and O–H groups in total. The van der Waals surface area contributed by atoms with E-state index in [4.69, 9.17) is 5.73 Å². The van der Waals surface area contributed by atoms with Gasteiger partial charge in [-0.15, -0.1) is 0 Å². The average Bonchev–Trinajstić information content (AvgIpc) is 2.97. The number of anilines is 1. The largest absolute Gasteiger partial charge is 0.395 e. The van der Waals surface area contributed by atoms with Crippen LogP contribution in [0.25, 0.3) is 0 Å². The zero-order valence-corrected chi connectivity index (χ0v) is 13.1. The maximum absolute atomic E-state index is 6.26. The summed E-state index contributed by atoms with van der Waals surface area (Å²) in [5.41, 5.74) is 11.1. The van der Waals surface area contributed by atoms with Gasteiger partial charge in [0.2, 0.25) is 0 Å². The summed E-state index contributed by atoms with van der Waals surface area (Å²) in [4.78, 5) is 1.26. The Morgan fingerprint density at radius 3 is 2.70 bits per heavy atom. The van der Waals surface area contributed by atoms with Crippen molar-refractivity contribution in [1.29, 1.82) is 0 Å². The summed E-state index contributed by atoms with van der Waals surface area (Å²) >= 11 is 1.72. The maximum Gasteiger partial charge on any atom is 0.122 e. The van der Waals surface area contributed by atoms with Gasteiger partial charge >= 0.3 is 0 Å². The van der Waals surface area contributed by atoms with E-state index >= 15 is 0 Å². The molecule has 0 atom stereocenters. The Kier molecular flexibility index (Phi) is 3.50. The lowest BCUT2D eigenvalue weighted by molar-refractivity contribution is 0.671. The summed E-state index contributed by atoms with van der Waals surface area (Å²) in [5, 5.41) is 5.60. The van der Waals surface area contributed by atoms with Crippen LogP contribution < -0.4 is 5.73 Å². The van der Waals surface area contributed by atoms with Crippen LogP contribution in [0.15, 0.2) is 28.1 Å². The quantitative estimate of drug-likeness (QED) is 0.934. The summed E-state index contributed by atoms with van der Waals surface area (Å²) < 4.78 is 1.91.